The summed E-state index contributed by atoms with van der Waals surface area (Å²) in [7, 11) is 1.33. The van der Waals surface area contributed by atoms with Gasteiger partial charge in [-0.2, -0.15) is 0 Å². The third-order valence-corrected chi connectivity index (χ3v) is 3.86. The Morgan fingerprint density at radius 3 is 2.32 bits per heavy atom. The molecular weight excluding hydrogens is 346 g/mol. The maximum Gasteiger partial charge on any atom is 0.337 e. The van der Waals surface area contributed by atoms with Gasteiger partial charge in [0.1, 0.15) is 0 Å². The van der Waals surface area contributed by atoms with Crippen molar-refractivity contribution in [1.82, 2.24) is 0 Å². The number of amides is 1. The molecule has 2 aromatic rings. The molecule has 114 valence electrons. The minimum absolute atomic E-state index is 0.130. The summed E-state index contributed by atoms with van der Waals surface area (Å²) in [6, 6.07) is 16.4. The number of carbonyl (C=O) groups excluding carboxylic acids is 2. The Balaban J connectivity index is 1.95. The van der Waals surface area contributed by atoms with E-state index in [1.165, 1.54) is 7.11 Å². The number of esters is 1. The van der Waals surface area contributed by atoms with Crippen molar-refractivity contribution in [3.63, 3.8) is 0 Å². The van der Waals surface area contributed by atoms with Gasteiger partial charge in [0.25, 0.3) is 0 Å². The number of alkyl halides is 1. The molecule has 2 rings (SSSR count). The third kappa shape index (κ3) is 4.43. The fraction of sp³-hybridized carbons (Fsp3) is 0.176. The molecule has 0 saturated heterocycles. The van der Waals surface area contributed by atoms with Crippen LogP contribution in [0.5, 0.6) is 0 Å². The first kappa shape index (κ1) is 16.2. The van der Waals surface area contributed by atoms with E-state index in [1.807, 2.05) is 30.3 Å². The Morgan fingerprint density at radius 2 is 1.73 bits per heavy atom. The average Bonchev–Trinajstić information content (AvgIpc) is 2.55. The van der Waals surface area contributed by atoms with Crippen molar-refractivity contribution in [2.24, 2.45) is 0 Å². The van der Waals surface area contributed by atoms with Gasteiger partial charge in [0.15, 0.2) is 0 Å². The molecule has 2 aromatic carbocycles. The standard InChI is InChI=1S/C17H16BrNO3/c1-22-17(21)13-7-9-14(10-8-13)19-16(20)15(18)11-12-5-3-2-4-6-12/h2-10,15H,11H2,1H3,(H,19,20)/t15-/m1/s1. The lowest BCUT2D eigenvalue weighted by Crippen LogP contribution is -2.24. The van der Waals surface area contributed by atoms with Crippen LogP contribution in [0, 0.1) is 0 Å². The van der Waals surface area contributed by atoms with Gasteiger partial charge in [0.05, 0.1) is 17.5 Å². The highest BCUT2D eigenvalue weighted by Crippen LogP contribution is 2.15. The van der Waals surface area contributed by atoms with Gasteiger partial charge in [-0.3, -0.25) is 4.79 Å². The van der Waals surface area contributed by atoms with Crippen molar-refractivity contribution in [1.29, 1.82) is 0 Å². The Morgan fingerprint density at radius 1 is 1.09 bits per heavy atom. The SMILES string of the molecule is COC(=O)c1ccc(NC(=O)[C@H](Br)Cc2ccccc2)cc1. The summed E-state index contributed by atoms with van der Waals surface area (Å²) in [6.07, 6.45) is 0.604. The molecule has 0 saturated carbocycles. The molecule has 0 unspecified atom stereocenters. The van der Waals surface area contributed by atoms with Gasteiger partial charge in [-0.15, -0.1) is 0 Å². The monoisotopic (exact) mass is 361 g/mol. The minimum Gasteiger partial charge on any atom is -0.465 e. The highest BCUT2D eigenvalue weighted by atomic mass is 79.9. The van der Waals surface area contributed by atoms with Crippen LogP contribution < -0.4 is 5.32 Å². The van der Waals surface area contributed by atoms with Crippen molar-refractivity contribution in [2.45, 2.75) is 11.2 Å². The Bertz CT molecular complexity index is 641. The Labute approximate surface area is 137 Å². The highest BCUT2D eigenvalue weighted by molar-refractivity contribution is 9.10. The van der Waals surface area contributed by atoms with Crippen LogP contribution in [0.25, 0.3) is 0 Å². The van der Waals surface area contributed by atoms with Gasteiger partial charge in [-0.05, 0) is 36.2 Å². The van der Waals surface area contributed by atoms with Gasteiger partial charge < -0.3 is 10.1 Å². The van der Waals surface area contributed by atoms with E-state index < -0.39 is 5.97 Å². The van der Waals surface area contributed by atoms with Crippen molar-refractivity contribution in [3.8, 4) is 0 Å². The van der Waals surface area contributed by atoms with E-state index in [-0.39, 0.29) is 10.7 Å². The maximum absolute atomic E-state index is 12.1. The van der Waals surface area contributed by atoms with Crippen LogP contribution in [0.1, 0.15) is 15.9 Å². The quantitative estimate of drug-likeness (QED) is 0.655. The molecule has 0 aliphatic heterocycles. The predicted molar refractivity (Wildman–Crippen MR) is 89.3 cm³/mol. The van der Waals surface area contributed by atoms with Gasteiger partial charge >= 0.3 is 5.97 Å². The molecule has 0 bridgehead atoms. The molecule has 1 atom stereocenters. The molecule has 0 aliphatic carbocycles. The van der Waals surface area contributed by atoms with E-state index in [4.69, 9.17) is 0 Å². The second-order valence-electron chi connectivity index (χ2n) is 4.72. The fourth-order valence-corrected chi connectivity index (χ4v) is 2.43. The largest absolute Gasteiger partial charge is 0.465 e. The number of rotatable bonds is 5. The van der Waals surface area contributed by atoms with Gasteiger partial charge in [0, 0.05) is 5.69 Å². The van der Waals surface area contributed by atoms with E-state index in [0.29, 0.717) is 17.7 Å². The number of methoxy groups -OCH3 is 1. The fourth-order valence-electron chi connectivity index (χ4n) is 1.94. The van der Waals surface area contributed by atoms with Crippen LogP contribution >= 0.6 is 15.9 Å². The second kappa shape index (κ2) is 7.75. The summed E-state index contributed by atoms with van der Waals surface area (Å²) >= 11 is 3.40. The first-order valence-electron chi connectivity index (χ1n) is 6.77. The number of hydrogen-bond acceptors (Lipinski definition) is 3. The zero-order chi connectivity index (χ0) is 15.9. The number of carbonyl (C=O) groups is 2. The summed E-state index contributed by atoms with van der Waals surface area (Å²) in [6.45, 7) is 0. The second-order valence-corrected chi connectivity index (χ2v) is 5.82. The molecule has 4 nitrogen and oxygen atoms in total. The van der Waals surface area contributed by atoms with Gasteiger partial charge in [0.2, 0.25) is 5.91 Å². The van der Waals surface area contributed by atoms with Crippen molar-refractivity contribution >= 4 is 33.5 Å². The number of halogens is 1. The summed E-state index contributed by atoms with van der Waals surface area (Å²) < 4.78 is 4.63. The molecular formula is C17H16BrNO3. The molecule has 0 spiro atoms. The average molecular weight is 362 g/mol. The van der Waals surface area contributed by atoms with Crippen LogP contribution in [-0.2, 0) is 16.0 Å². The van der Waals surface area contributed by atoms with Crippen LogP contribution in [0.3, 0.4) is 0 Å². The van der Waals surface area contributed by atoms with Crippen LogP contribution in [0.15, 0.2) is 54.6 Å². The normalized spacial score (nSPS) is 11.5. The van der Waals surface area contributed by atoms with E-state index in [2.05, 4.69) is 26.0 Å². The number of hydrogen-bond donors (Lipinski definition) is 1. The molecule has 22 heavy (non-hydrogen) atoms. The Hall–Kier alpha value is -2.14. The zero-order valence-corrected chi connectivity index (χ0v) is 13.7. The van der Waals surface area contributed by atoms with Crippen LogP contribution in [-0.4, -0.2) is 23.8 Å². The third-order valence-electron chi connectivity index (χ3n) is 3.12. The first-order chi connectivity index (χ1) is 10.6. The molecule has 1 amide bonds. The van der Waals surface area contributed by atoms with E-state index in [0.717, 1.165) is 5.56 Å². The molecule has 0 radical (unpaired) electrons. The molecule has 0 fully saturated rings. The Kier molecular flexibility index (Phi) is 5.72. The summed E-state index contributed by atoms with van der Waals surface area (Å²) in [4.78, 5) is 23.2. The van der Waals surface area contributed by atoms with Crippen LogP contribution in [0.4, 0.5) is 5.69 Å². The molecule has 0 aromatic heterocycles. The van der Waals surface area contributed by atoms with Crippen LogP contribution in [0.2, 0.25) is 0 Å². The molecule has 5 heteroatoms. The lowest BCUT2D eigenvalue weighted by molar-refractivity contribution is -0.115. The topological polar surface area (TPSA) is 55.4 Å². The summed E-state index contributed by atoms with van der Waals surface area (Å²) in [5, 5.41) is 2.81. The minimum atomic E-state index is -0.402. The van der Waals surface area contributed by atoms with E-state index in [9.17, 15) is 9.59 Å². The summed E-state index contributed by atoms with van der Waals surface area (Å²) in [5.41, 5.74) is 2.16. The van der Waals surface area contributed by atoms with Crippen molar-refractivity contribution in [3.05, 3.63) is 65.7 Å². The van der Waals surface area contributed by atoms with Gasteiger partial charge in [-0.1, -0.05) is 46.3 Å². The van der Waals surface area contributed by atoms with Crippen molar-refractivity contribution < 1.29 is 14.3 Å². The lowest BCUT2D eigenvalue weighted by Gasteiger charge is -2.11. The maximum atomic E-state index is 12.1. The predicted octanol–water partition coefficient (Wildman–Crippen LogP) is 3.42. The number of ether oxygens (including phenoxy) is 1. The number of benzene rings is 2. The smallest absolute Gasteiger partial charge is 0.337 e. The van der Waals surface area contributed by atoms with E-state index in [1.54, 1.807) is 24.3 Å². The first-order valence-corrected chi connectivity index (χ1v) is 7.69. The summed E-state index contributed by atoms with van der Waals surface area (Å²) in [5.74, 6) is -0.532. The number of anilines is 1. The highest BCUT2D eigenvalue weighted by Gasteiger charge is 2.15. The molecule has 0 heterocycles. The van der Waals surface area contributed by atoms with E-state index >= 15 is 0 Å². The zero-order valence-electron chi connectivity index (χ0n) is 12.1. The number of nitrogens with one attached hydrogen (secondary N) is 1. The van der Waals surface area contributed by atoms with Gasteiger partial charge in [-0.25, -0.2) is 4.79 Å². The molecule has 0 aliphatic rings. The van der Waals surface area contributed by atoms with Crippen molar-refractivity contribution in [2.75, 3.05) is 12.4 Å². The molecule has 1 N–H and O–H groups in total. The lowest BCUT2D eigenvalue weighted by atomic mass is 10.1.